The van der Waals surface area contributed by atoms with E-state index in [0.717, 1.165) is 17.9 Å². The summed E-state index contributed by atoms with van der Waals surface area (Å²) in [5.41, 5.74) is 13.6. The van der Waals surface area contributed by atoms with Crippen LogP contribution in [0.4, 0.5) is 0 Å². The van der Waals surface area contributed by atoms with E-state index in [1.807, 2.05) is 20.8 Å². The second-order valence-corrected chi connectivity index (χ2v) is 8.72. The Kier molecular flexibility index (Phi) is 22.3. The van der Waals surface area contributed by atoms with Crippen molar-refractivity contribution >= 4 is 0 Å². The predicted molar refractivity (Wildman–Crippen MR) is 162 cm³/mol. The quantitative estimate of drug-likeness (QED) is 0.132. The molecule has 36 heavy (non-hydrogen) atoms. The molecular formula is C31H55N5. The van der Waals surface area contributed by atoms with Gasteiger partial charge < -0.3 is 16.5 Å². The van der Waals surface area contributed by atoms with E-state index in [9.17, 15) is 0 Å². The molecule has 1 heterocycles. The van der Waals surface area contributed by atoms with Gasteiger partial charge in [0.2, 0.25) is 0 Å². The molecule has 6 N–H and O–H groups in total. The number of hydrogen-bond acceptors (Lipinski definition) is 5. The number of hydrazine groups is 1. The summed E-state index contributed by atoms with van der Waals surface area (Å²) in [5.74, 6) is 5.68. The lowest BCUT2D eigenvalue weighted by atomic mass is 9.99. The van der Waals surface area contributed by atoms with Gasteiger partial charge in [0, 0.05) is 36.6 Å². The van der Waals surface area contributed by atoms with Crippen molar-refractivity contribution in [3.63, 3.8) is 0 Å². The van der Waals surface area contributed by atoms with Crippen molar-refractivity contribution in [3.8, 4) is 0 Å². The van der Waals surface area contributed by atoms with E-state index in [4.69, 9.17) is 11.6 Å². The number of nitrogens with zero attached hydrogens (tertiary/aromatic N) is 1. The van der Waals surface area contributed by atoms with Crippen LogP contribution in [0.5, 0.6) is 0 Å². The van der Waals surface area contributed by atoms with Crippen molar-refractivity contribution in [2.45, 2.75) is 79.7 Å². The molecule has 0 bridgehead atoms. The molecule has 0 saturated carbocycles. The fraction of sp³-hybridized carbons (Fsp3) is 0.484. The fourth-order valence-corrected chi connectivity index (χ4v) is 3.72. The standard InChI is InChI=1S/C14H24N2.C10H14.C5H11N3.C2H6/c1-5-8-13(6-2)11-15-12(3)14-9-7-10-16(14)4;1-8(2)10-7-5-4-6-9(10)3;1-2-3-5(4-6)8-7;1-2/h5-6,8,14-15H,3,7,9-11H2,1-2,4H3;4-8H,1-3H3;2,4,8H,1,3,6-7H2;1-2H3/b8-5-,13-6+;;5-4-;. The van der Waals surface area contributed by atoms with Gasteiger partial charge in [0.15, 0.2) is 0 Å². The zero-order chi connectivity index (χ0) is 27.9. The molecule has 5 heteroatoms. The highest BCUT2D eigenvalue weighted by molar-refractivity contribution is 5.28. The molecule has 1 atom stereocenters. The lowest BCUT2D eigenvalue weighted by molar-refractivity contribution is 0.335. The Morgan fingerprint density at radius 2 is 1.86 bits per heavy atom. The SMILES string of the molecule is C=C(NCC(/C=C\C)=C/C)C1CCCN1C.C=CC/C(=C/N)NN.CC.Cc1ccccc1C(C)C. The maximum absolute atomic E-state index is 5.12. The Bertz CT molecular complexity index is 805. The molecule has 1 aromatic carbocycles. The molecule has 5 nitrogen and oxygen atoms in total. The Balaban J connectivity index is 0. The highest BCUT2D eigenvalue weighted by Gasteiger charge is 2.22. The average Bonchev–Trinajstić information content (AvgIpc) is 3.33. The van der Waals surface area contributed by atoms with Gasteiger partial charge in [-0.15, -0.1) is 6.58 Å². The predicted octanol–water partition coefficient (Wildman–Crippen LogP) is 6.68. The van der Waals surface area contributed by atoms with Crippen LogP contribution >= 0.6 is 0 Å². The van der Waals surface area contributed by atoms with Crippen molar-refractivity contribution in [2.75, 3.05) is 20.1 Å². The van der Waals surface area contributed by atoms with Crippen molar-refractivity contribution in [3.05, 3.63) is 96.0 Å². The summed E-state index contributed by atoms with van der Waals surface area (Å²) in [6.45, 7) is 24.5. The maximum atomic E-state index is 5.12. The Labute approximate surface area is 223 Å². The molecule has 0 radical (unpaired) electrons. The second-order valence-electron chi connectivity index (χ2n) is 8.72. The lowest BCUT2D eigenvalue weighted by Gasteiger charge is -2.23. The molecule has 1 aromatic rings. The van der Waals surface area contributed by atoms with Crippen LogP contribution in [0.1, 0.15) is 77.8 Å². The summed E-state index contributed by atoms with van der Waals surface area (Å²) in [7, 11) is 2.17. The zero-order valence-electron chi connectivity index (χ0n) is 24.4. The minimum Gasteiger partial charge on any atom is -0.403 e. The first kappa shape index (κ1) is 35.4. The molecule has 1 saturated heterocycles. The highest BCUT2D eigenvalue weighted by Crippen LogP contribution is 2.19. The number of aryl methyl sites for hydroxylation is 1. The van der Waals surface area contributed by atoms with Gasteiger partial charge in [-0.3, -0.25) is 10.7 Å². The molecule has 0 amide bonds. The van der Waals surface area contributed by atoms with Crippen LogP contribution < -0.4 is 22.3 Å². The van der Waals surface area contributed by atoms with E-state index in [2.05, 4.69) is 106 Å². The molecule has 0 aromatic heterocycles. The third-order valence-corrected chi connectivity index (χ3v) is 5.76. The van der Waals surface area contributed by atoms with E-state index in [-0.39, 0.29) is 0 Å². The van der Waals surface area contributed by atoms with Crippen LogP contribution in [-0.4, -0.2) is 31.1 Å². The van der Waals surface area contributed by atoms with Crippen LogP contribution in [0.2, 0.25) is 0 Å². The number of nitrogens with two attached hydrogens (primary N) is 2. The summed E-state index contributed by atoms with van der Waals surface area (Å²) in [6, 6.07) is 9.06. The summed E-state index contributed by atoms with van der Waals surface area (Å²) >= 11 is 0. The van der Waals surface area contributed by atoms with Crippen LogP contribution in [0.3, 0.4) is 0 Å². The van der Waals surface area contributed by atoms with E-state index in [0.29, 0.717) is 18.4 Å². The molecular weight excluding hydrogens is 442 g/mol. The van der Waals surface area contributed by atoms with Crippen LogP contribution in [-0.2, 0) is 0 Å². The van der Waals surface area contributed by atoms with Crippen molar-refractivity contribution in [1.29, 1.82) is 0 Å². The van der Waals surface area contributed by atoms with Crippen LogP contribution in [0, 0.1) is 6.92 Å². The van der Waals surface area contributed by atoms with Gasteiger partial charge in [-0.2, -0.15) is 0 Å². The number of nitrogens with one attached hydrogen (secondary N) is 2. The van der Waals surface area contributed by atoms with Crippen molar-refractivity contribution in [1.82, 2.24) is 15.6 Å². The molecule has 0 spiro atoms. The molecule has 2 rings (SSSR count). The van der Waals surface area contributed by atoms with Crippen LogP contribution in [0.15, 0.2) is 84.9 Å². The number of likely N-dealkylation sites (tertiary alicyclic amines) is 1. The van der Waals surface area contributed by atoms with Gasteiger partial charge in [0.25, 0.3) is 0 Å². The van der Waals surface area contributed by atoms with Gasteiger partial charge in [0.1, 0.15) is 0 Å². The first-order valence-electron chi connectivity index (χ1n) is 13.2. The normalized spacial score (nSPS) is 15.7. The Morgan fingerprint density at radius 1 is 1.22 bits per heavy atom. The van der Waals surface area contributed by atoms with Crippen molar-refractivity contribution in [2.24, 2.45) is 11.6 Å². The fourth-order valence-electron chi connectivity index (χ4n) is 3.72. The summed E-state index contributed by atoms with van der Waals surface area (Å²) in [5, 5.41) is 3.44. The number of rotatable bonds is 9. The molecule has 1 unspecified atom stereocenters. The number of hydrogen-bond donors (Lipinski definition) is 4. The third-order valence-electron chi connectivity index (χ3n) is 5.76. The zero-order valence-corrected chi connectivity index (χ0v) is 24.4. The Morgan fingerprint density at radius 3 is 2.22 bits per heavy atom. The molecule has 1 aliphatic rings. The smallest absolute Gasteiger partial charge is 0.0486 e. The largest absolute Gasteiger partial charge is 0.403 e. The second kappa shape index (κ2) is 22.7. The summed E-state index contributed by atoms with van der Waals surface area (Å²) < 4.78 is 0. The topological polar surface area (TPSA) is 79.3 Å². The van der Waals surface area contributed by atoms with Gasteiger partial charge >= 0.3 is 0 Å². The van der Waals surface area contributed by atoms with E-state index in [1.54, 1.807) is 6.08 Å². The van der Waals surface area contributed by atoms with Gasteiger partial charge in [0.05, 0.1) is 0 Å². The van der Waals surface area contributed by atoms with Crippen molar-refractivity contribution < 1.29 is 0 Å². The monoisotopic (exact) mass is 497 g/mol. The van der Waals surface area contributed by atoms with E-state index in [1.165, 1.54) is 42.3 Å². The molecule has 1 aliphatic heterocycles. The van der Waals surface area contributed by atoms with E-state index >= 15 is 0 Å². The molecule has 0 aliphatic carbocycles. The highest BCUT2D eigenvalue weighted by atomic mass is 15.2. The minimum atomic E-state index is 0.517. The molecule has 204 valence electrons. The summed E-state index contributed by atoms with van der Waals surface area (Å²) in [4.78, 5) is 2.38. The maximum Gasteiger partial charge on any atom is 0.0486 e. The number of likely N-dealkylation sites (N-methyl/N-ethyl adjacent to an activating group) is 1. The number of benzene rings is 1. The minimum absolute atomic E-state index is 0.517. The average molecular weight is 498 g/mol. The van der Waals surface area contributed by atoms with Gasteiger partial charge in [-0.1, -0.05) is 82.8 Å². The van der Waals surface area contributed by atoms with Crippen LogP contribution in [0.25, 0.3) is 0 Å². The van der Waals surface area contributed by atoms with Gasteiger partial charge in [-0.25, -0.2) is 0 Å². The van der Waals surface area contributed by atoms with Gasteiger partial charge in [-0.05, 0) is 69.8 Å². The Hall–Kier alpha value is -2.76. The molecule has 1 fully saturated rings. The lowest BCUT2D eigenvalue weighted by Crippen LogP contribution is -2.33. The first-order chi connectivity index (χ1) is 17.2. The summed E-state index contributed by atoms with van der Waals surface area (Å²) in [6.07, 6.45) is 12.7. The third kappa shape index (κ3) is 15.3. The number of allylic oxidation sites excluding steroid dienone is 3. The van der Waals surface area contributed by atoms with E-state index < -0.39 is 0 Å². The first-order valence-corrected chi connectivity index (χ1v) is 13.2.